The van der Waals surface area contributed by atoms with E-state index >= 15 is 0 Å². The lowest BCUT2D eigenvalue weighted by Gasteiger charge is -2.19. The highest BCUT2D eigenvalue weighted by molar-refractivity contribution is 7.91. The lowest BCUT2D eigenvalue weighted by atomic mass is 10.2. The van der Waals surface area contributed by atoms with Gasteiger partial charge in [0.15, 0.2) is 9.84 Å². The fourth-order valence-corrected chi connectivity index (χ4v) is 2.51. The number of sulfone groups is 1. The number of ether oxygens (including phenoxy) is 1. The van der Waals surface area contributed by atoms with Crippen LogP contribution in [-0.4, -0.2) is 32.2 Å². The molecule has 0 heterocycles. The van der Waals surface area contributed by atoms with E-state index in [0.29, 0.717) is 5.56 Å². The molecule has 106 valence electrons. The second kappa shape index (κ2) is 5.71. The summed E-state index contributed by atoms with van der Waals surface area (Å²) in [7, 11) is -3.36. The van der Waals surface area contributed by atoms with Crippen LogP contribution in [0.5, 0.6) is 0 Å². The molecule has 0 fully saturated rings. The maximum atomic E-state index is 12.0. The minimum absolute atomic E-state index is 0.0658. The van der Waals surface area contributed by atoms with Crippen molar-refractivity contribution in [2.75, 3.05) is 12.4 Å². The largest absolute Gasteiger partial charge is 0.384 e. The number of benzene rings is 1. The summed E-state index contributed by atoms with van der Waals surface area (Å²) in [6.45, 7) is 5.78. The van der Waals surface area contributed by atoms with E-state index in [1.165, 1.54) is 24.3 Å². The molecular weight excluding hydrogens is 264 g/mol. The number of rotatable bonds is 5. The lowest BCUT2D eigenvalue weighted by Crippen LogP contribution is -2.23. The Balaban J connectivity index is 2.75. The smallest absolute Gasteiger partial charge is 0.180 e. The van der Waals surface area contributed by atoms with Crippen molar-refractivity contribution < 1.29 is 13.2 Å². The number of hydrogen-bond donors (Lipinski definition) is 2. The van der Waals surface area contributed by atoms with Gasteiger partial charge in [-0.1, -0.05) is 12.1 Å². The van der Waals surface area contributed by atoms with Crippen molar-refractivity contribution in [3.63, 3.8) is 0 Å². The van der Waals surface area contributed by atoms with Crippen molar-refractivity contribution in [2.24, 2.45) is 5.73 Å². The highest BCUT2D eigenvalue weighted by atomic mass is 32.2. The number of amidine groups is 1. The summed E-state index contributed by atoms with van der Waals surface area (Å²) in [6.07, 6.45) is 0. The minimum Gasteiger partial charge on any atom is -0.384 e. The zero-order valence-corrected chi connectivity index (χ0v) is 12.3. The molecule has 0 bridgehead atoms. The van der Waals surface area contributed by atoms with Gasteiger partial charge in [-0.3, -0.25) is 5.41 Å². The molecule has 3 N–H and O–H groups in total. The van der Waals surface area contributed by atoms with Gasteiger partial charge < -0.3 is 10.5 Å². The standard InChI is InChI=1S/C13H20N2O3S/c1-13(2,3)18-8-9-19(16,17)11-6-4-10(5-7-11)12(14)15/h4-7H,8-9H2,1-3H3,(H3,14,15). The highest BCUT2D eigenvalue weighted by Gasteiger charge is 2.17. The highest BCUT2D eigenvalue weighted by Crippen LogP contribution is 2.14. The molecule has 0 spiro atoms. The van der Waals surface area contributed by atoms with Crippen molar-refractivity contribution in [1.82, 2.24) is 0 Å². The van der Waals surface area contributed by atoms with Crippen molar-refractivity contribution >= 4 is 15.7 Å². The average molecular weight is 284 g/mol. The third-order valence-corrected chi connectivity index (χ3v) is 4.11. The van der Waals surface area contributed by atoms with Crippen LogP contribution in [0.4, 0.5) is 0 Å². The van der Waals surface area contributed by atoms with Gasteiger partial charge in [0.05, 0.1) is 22.9 Å². The molecule has 0 aliphatic heterocycles. The molecule has 0 amide bonds. The lowest BCUT2D eigenvalue weighted by molar-refractivity contribution is 0.00644. The number of nitrogens with two attached hydrogens (primary N) is 1. The van der Waals surface area contributed by atoms with Crippen molar-refractivity contribution in [2.45, 2.75) is 31.3 Å². The third kappa shape index (κ3) is 5.00. The molecule has 1 aromatic carbocycles. The van der Waals surface area contributed by atoms with Gasteiger partial charge in [-0.05, 0) is 32.9 Å². The Morgan fingerprint density at radius 3 is 2.21 bits per heavy atom. The van der Waals surface area contributed by atoms with Crippen LogP contribution in [0, 0.1) is 5.41 Å². The van der Waals surface area contributed by atoms with E-state index in [0.717, 1.165) is 0 Å². The van der Waals surface area contributed by atoms with Crippen molar-refractivity contribution in [3.05, 3.63) is 29.8 Å². The molecule has 1 rings (SSSR count). The number of nitrogen functional groups attached to an aromatic ring is 1. The quantitative estimate of drug-likeness (QED) is 0.634. The average Bonchev–Trinajstić information content (AvgIpc) is 2.27. The molecule has 0 aliphatic carbocycles. The fourth-order valence-electron chi connectivity index (χ4n) is 1.42. The van der Waals surface area contributed by atoms with E-state index in [-0.39, 0.29) is 28.7 Å². The summed E-state index contributed by atoms with van der Waals surface area (Å²) >= 11 is 0. The molecule has 0 radical (unpaired) electrons. The van der Waals surface area contributed by atoms with Gasteiger partial charge in [-0.2, -0.15) is 0 Å². The summed E-state index contributed by atoms with van der Waals surface area (Å²) in [4.78, 5) is 0.218. The maximum absolute atomic E-state index is 12.0. The number of hydrogen-bond acceptors (Lipinski definition) is 4. The van der Waals surface area contributed by atoms with Gasteiger partial charge in [0.2, 0.25) is 0 Å². The zero-order chi connectivity index (χ0) is 14.7. The molecule has 19 heavy (non-hydrogen) atoms. The summed E-state index contributed by atoms with van der Waals surface area (Å²) in [5.41, 5.74) is 5.47. The van der Waals surface area contributed by atoms with Gasteiger partial charge in [-0.25, -0.2) is 8.42 Å². The molecule has 0 atom stereocenters. The Hall–Kier alpha value is -1.40. The normalized spacial score (nSPS) is 12.4. The van der Waals surface area contributed by atoms with E-state index < -0.39 is 9.84 Å². The van der Waals surface area contributed by atoms with E-state index in [9.17, 15) is 8.42 Å². The molecule has 0 saturated heterocycles. The van der Waals surface area contributed by atoms with Crippen LogP contribution in [-0.2, 0) is 14.6 Å². The Kier molecular flexibility index (Phi) is 4.70. The SMILES string of the molecule is CC(C)(C)OCCS(=O)(=O)c1ccc(C(=N)N)cc1. The zero-order valence-electron chi connectivity index (χ0n) is 11.4. The van der Waals surface area contributed by atoms with Crippen LogP contribution in [0.1, 0.15) is 26.3 Å². The van der Waals surface area contributed by atoms with Crippen molar-refractivity contribution in [1.29, 1.82) is 5.41 Å². The second-order valence-electron chi connectivity index (χ2n) is 5.22. The summed E-state index contributed by atoms with van der Waals surface area (Å²) in [5, 5.41) is 7.25. The predicted octanol–water partition coefficient (Wildman–Crippen LogP) is 1.56. The molecule has 0 saturated carbocycles. The van der Waals surface area contributed by atoms with Gasteiger partial charge in [0, 0.05) is 5.56 Å². The first kappa shape index (κ1) is 15.7. The van der Waals surface area contributed by atoms with Crippen LogP contribution in [0.2, 0.25) is 0 Å². The minimum atomic E-state index is -3.36. The molecule has 6 heteroatoms. The molecule has 0 aromatic heterocycles. The van der Waals surface area contributed by atoms with Crippen LogP contribution >= 0.6 is 0 Å². The summed E-state index contributed by atoms with van der Waals surface area (Å²) in [6, 6.07) is 5.98. The van der Waals surface area contributed by atoms with Crippen LogP contribution in [0.25, 0.3) is 0 Å². The summed E-state index contributed by atoms with van der Waals surface area (Å²) in [5.74, 6) is -0.149. The Labute approximate surface area is 114 Å². The Morgan fingerprint density at radius 1 is 1.26 bits per heavy atom. The van der Waals surface area contributed by atoms with Crippen LogP contribution in [0.3, 0.4) is 0 Å². The van der Waals surface area contributed by atoms with Crippen molar-refractivity contribution in [3.8, 4) is 0 Å². The fraction of sp³-hybridized carbons (Fsp3) is 0.462. The second-order valence-corrected chi connectivity index (χ2v) is 7.33. The van der Waals surface area contributed by atoms with Gasteiger partial charge in [0.25, 0.3) is 0 Å². The molecule has 1 aromatic rings. The van der Waals surface area contributed by atoms with E-state index in [1.54, 1.807) is 0 Å². The predicted molar refractivity (Wildman–Crippen MR) is 75.2 cm³/mol. The maximum Gasteiger partial charge on any atom is 0.180 e. The van der Waals surface area contributed by atoms with E-state index in [2.05, 4.69) is 0 Å². The molecule has 0 unspecified atom stereocenters. The molecule has 0 aliphatic rings. The summed E-state index contributed by atoms with van der Waals surface area (Å²) < 4.78 is 29.5. The first-order valence-corrected chi connectivity index (χ1v) is 7.58. The molecular formula is C13H20N2O3S. The molecule has 5 nitrogen and oxygen atoms in total. The monoisotopic (exact) mass is 284 g/mol. The Morgan fingerprint density at radius 2 is 1.79 bits per heavy atom. The number of nitrogens with one attached hydrogen (secondary N) is 1. The first-order valence-electron chi connectivity index (χ1n) is 5.93. The van der Waals surface area contributed by atoms with E-state index in [4.69, 9.17) is 15.9 Å². The topological polar surface area (TPSA) is 93.2 Å². The van der Waals surface area contributed by atoms with Gasteiger partial charge in [-0.15, -0.1) is 0 Å². The first-order chi connectivity index (χ1) is 8.62. The van der Waals surface area contributed by atoms with Gasteiger partial charge >= 0.3 is 0 Å². The van der Waals surface area contributed by atoms with Crippen LogP contribution < -0.4 is 5.73 Å². The Bertz CT molecular complexity index is 542. The third-order valence-electron chi connectivity index (χ3n) is 2.41. The van der Waals surface area contributed by atoms with Crippen LogP contribution in [0.15, 0.2) is 29.2 Å². The van der Waals surface area contributed by atoms with Gasteiger partial charge in [0.1, 0.15) is 5.84 Å². The van der Waals surface area contributed by atoms with E-state index in [1.807, 2.05) is 20.8 Å².